The number of rotatable bonds is 3. The van der Waals surface area contributed by atoms with Crippen molar-refractivity contribution in [2.45, 2.75) is 37.8 Å². The minimum Gasteiger partial charge on any atom is -0.311 e. The van der Waals surface area contributed by atoms with Gasteiger partial charge in [0, 0.05) is 37.3 Å². The second kappa shape index (κ2) is 5.70. The highest BCUT2D eigenvalue weighted by atomic mass is 32.2. The molecule has 1 N–H and O–H groups in total. The van der Waals surface area contributed by atoms with Crippen molar-refractivity contribution in [2.24, 2.45) is 0 Å². The van der Waals surface area contributed by atoms with Crippen LogP contribution in [0.1, 0.15) is 19.4 Å². The molecule has 7 nitrogen and oxygen atoms in total. The summed E-state index contributed by atoms with van der Waals surface area (Å²) >= 11 is 0. The zero-order valence-corrected chi connectivity index (χ0v) is 13.1. The van der Waals surface area contributed by atoms with E-state index < -0.39 is 14.9 Å². The highest BCUT2D eigenvalue weighted by Crippen LogP contribution is 2.26. The molecule has 2 rings (SSSR count). The number of aryl methyl sites for hydroxylation is 1. The number of hydrogen-bond acceptors (Lipinski definition) is 5. The van der Waals surface area contributed by atoms with Crippen molar-refractivity contribution < 1.29 is 13.3 Å². The van der Waals surface area contributed by atoms with Gasteiger partial charge < -0.3 is 5.32 Å². The van der Waals surface area contributed by atoms with Crippen LogP contribution in [0.15, 0.2) is 23.1 Å². The average molecular weight is 313 g/mol. The molecule has 1 heterocycles. The van der Waals surface area contributed by atoms with Crippen LogP contribution < -0.4 is 5.32 Å². The maximum Gasteiger partial charge on any atom is 0.269 e. The predicted molar refractivity (Wildman–Crippen MR) is 78.7 cm³/mol. The topological polar surface area (TPSA) is 92.5 Å². The van der Waals surface area contributed by atoms with Crippen LogP contribution in [-0.4, -0.2) is 42.8 Å². The van der Waals surface area contributed by atoms with Crippen LogP contribution in [0.3, 0.4) is 0 Å². The molecule has 1 aliphatic heterocycles. The van der Waals surface area contributed by atoms with E-state index >= 15 is 0 Å². The third kappa shape index (κ3) is 2.92. The molecule has 1 saturated heterocycles. The fourth-order valence-electron chi connectivity index (χ4n) is 2.53. The second-order valence-corrected chi connectivity index (χ2v) is 7.17. The van der Waals surface area contributed by atoms with Crippen molar-refractivity contribution in [2.75, 3.05) is 13.1 Å². The van der Waals surface area contributed by atoms with E-state index in [0.29, 0.717) is 18.7 Å². The molecule has 8 heteroatoms. The molecular formula is C13H19N3O4S. The molecule has 0 bridgehead atoms. The molecule has 2 atom stereocenters. The van der Waals surface area contributed by atoms with Crippen LogP contribution in [0.25, 0.3) is 0 Å². The maximum atomic E-state index is 12.8. The van der Waals surface area contributed by atoms with Gasteiger partial charge in [-0.3, -0.25) is 10.1 Å². The lowest BCUT2D eigenvalue weighted by Crippen LogP contribution is -2.57. The Hall–Kier alpha value is -1.51. The fourth-order valence-corrected chi connectivity index (χ4v) is 4.44. The molecule has 116 valence electrons. The number of piperazine rings is 1. The van der Waals surface area contributed by atoms with Crippen molar-refractivity contribution >= 4 is 15.7 Å². The van der Waals surface area contributed by atoms with Crippen LogP contribution in [0.4, 0.5) is 5.69 Å². The summed E-state index contributed by atoms with van der Waals surface area (Å²) in [6, 6.07) is 3.74. The van der Waals surface area contributed by atoms with Crippen LogP contribution in [0.5, 0.6) is 0 Å². The fraction of sp³-hybridized carbons (Fsp3) is 0.538. The smallest absolute Gasteiger partial charge is 0.269 e. The molecule has 0 saturated carbocycles. The summed E-state index contributed by atoms with van der Waals surface area (Å²) in [4.78, 5) is 10.4. The van der Waals surface area contributed by atoms with E-state index in [-0.39, 0.29) is 22.7 Å². The number of nitro groups is 1. The van der Waals surface area contributed by atoms with Gasteiger partial charge in [0.1, 0.15) is 0 Å². The van der Waals surface area contributed by atoms with Crippen molar-refractivity contribution in [1.82, 2.24) is 9.62 Å². The van der Waals surface area contributed by atoms with Gasteiger partial charge in [-0.1, -0.05) is 0 Å². The van der Waals surface area contributed by atoms with Gasteiger partial charge in [0.05, 0.1) is 9.82 Å². The second-order valence-electron chi connectivity index (χ2n) is 5.31. The van der Waals surface area contributed by atoms with E-state index in [4.69, 9.17) is 0 Å². The molecule has 2 unspecified atom stereocenters. The largest absolute Gasteiger partial charge is 0.311 e. The van der Waals surface area contributed by atoms with E-state index in [0.717, 1.165) is 0 Å². The predicted octanol–water partition coefficient (Wildman–Crippen LogP) is 1.27. The van der Waals surface area contributed by atoms with E-state index in [1.54, 1.807) is 6.92 Å². The van der Waals surface area contributed by atoms with Gasteiger partial charge in [-0.05, 0) is 32.4 Å². The summed E-state index contributed by atoms with van der Waals surface area (Å²) in [5, 5.41) is 14.0. The van der Waals surface area contributed by atoms with Gasteiger partial charge in [0.2, 0.25) is 10.0 Å². The Kier molecular flexibility index (Phi) is 4.31. The summed E-state index contributed by atoms with van der Waals surface area (Å²) in [5.41, 5.74) is 0.288. The normalized spacial score (nSPS) is 24.0. The summed E-state index contributed by atoms with van der Waals surface area (Å²) < 4.78 is 27.0. The van der Waals surface area contributed by atoms with Crippen molar-refractivity contribution in [3.05, 3.63) is 33.9 Å². The number of non-ortho nitro benzene ring substituents is 1. The summed E-state index contributed by atoms with van der Waals surface area (Å²) in [6.07, 6.45) is 0. The molecule has 0 spiro atoms. The molecule has 0 aliphatic carbocycles. The first kappa shape index (κ1) is 15.9. The molecule has 1 aliphatic rings. The van der Waals surface area contributed by atoms with Crippen molar-refractivity contribution in [1.29, 1.82) is 0 Å². The molecule has 0 amide bonds. The lowest BCUT2D eigenvalue weighted by molar-refractivity contribution is -0.385. The summed E-state index contributed by atoms with van der Waals surface area (Å²) in [5.74, 6) is 0. The monoisotopic (exact) mass is 313 g/mol. The van der Waals surface area contributed by atoms with E-state index in [1.165, 1.54) is 22.5 Å². The van der Waals surface area contributed by atoms with Gasteiger partial charge in [-0.15, -0.1) is 0 Å². The number of nitrogens with one attached hydrogen (secondary N) is 1. The Morgan fingerprint density at radius 3 is 2.62 bits per heavy atom. The zero-order valence-electron chi connectivity index (χ0n) is 12.2. The Labute approximate surface area is 124 Å². The lowest BCUT2D eigenvalue weighted by Gasteiger charge is -2.37. The van der Waals surface area contributed by atoms with Gasteiger partial charge in [0.15, 0.2) is 0 Å². The van der Waals surface area contributed by atoms with Gasteiger partial charge in [-0.25, -0.2) is 8.42 Å². The minimum atomic E-state index is -3.65. The average Bonchev–Trinajstić information content (AvgIpc) is 2.41. The van der Waals surface area contributed by atoms with Gasteiger partial charge in [0.25, 0.3) is 5.69 Å². The number of nitrogens with zero attached hydrogens (tertiary/aromatic N) is 2. The lowest BCUT2D eigenvalue weighted by atomic mass is 10.1. The number of hydrogen-bond donors (Lipinski definition) is 1. The third-order valence-corrected chi connectivity index (χ3v) is 6.08. The molecule has 1 fully saturated rings. The van der Waals surface area contributed by atoms with Crippen molar-refractivity contribution in [3.63, 3.8) is 0 Å². The van der Waals surface area contributed by atoms with Crippen LogP contribution >= 0.6 is 0 Å². The highest BCUT2D eigenvalue weighted by molar-refractivity contribution is 7.89. The number of sulfonamides is 1. The third-order valence-electron chi connectivity index (χ3n) is 3.93. The first-order valence-electron chi connectivity index (χ1n) is 6.75. The molecular weight excluding hydrogens is 294 g/mol. The molecule has 1 aromatic carbocycles. The molecule has 0 radical (unpaired) electrons. The Morgan fingerprint density at radius 2 is 2.05 bits per heavy atom. The zero-order chi connectivity index (χ0) is 15.8. The van der Waals surface area contributed by atoms with E-state index in [2.05, 4.69) is 5.32 Å². The quantitative estimate of drug-likeness (QED) is 0.670. The molecule has 21 heavy (non-hydrogen) atoms. The summed E-state index contributed by atoms with van der Waals surface area (Å²) in [7, 11) is -3.65. The van der Waals surface area contributed by atoms with Crippen LogP contribution in [0.2, 0.25) is 0 Å². The maximum absolute atomic E-state index is 12.8. The first-order chi connectivity index (χ1) is 9.75. The first-order valence-corrected chi connectivity index (χ1v) is 8.19. The van der Waals surface area contributed by atoms with E-state index in [1.807, 2.05) is 13.8 Å². The van der Waals surface area contributed by atoms with E-state index in [9.17, 15) is 18.5 Å². The standard InChI is InChI=1S/C13H19N3O4S/c1-9-8-12(16(17)18)4-5-13(9)21(19,20)15-7-6-14-10(2)11(15)3/h4-5,8,10-11,14H,6-7H2,1-3H3. The SMILES string of the molecule is Cc1cc([N+](=O)[O-])ccc1S(=O)(=O)N1CCNC(C)C1C. The number of benzene rings is 1. The summed E-state index contributed by atoms with van der Waals surface area (Å²) in [6.45, 7) is 6.36. The Balaban J connectivity index is 2.42. The van der Waals surface area contributed by atoms with Gasteiger partial charge >= 0.3 is 0 Å². The van der Waals surface area contributed by atoms with Gasteiger partial charge in [-0.2, -0.15) is 4.31 Å². The minimum absolute atomic E-state index is 0.0619. The highest BCUT2D eigenvalue weighted by Gasteiger charge is 2.35. The Bertz CT molecular complexity index is 659. The molecule has 1 aromatic rings. The van der Waals surface area contributed by atoms with Crippen LogP contribution in [0, 0.1) is 17.0 Å². The van der Waals surface area contributed by atoms with Crippen molar-refractivity contribution in [3.8, 4) is 0 Å². The van der Waals surface area contributed by atoms with Crippen LogP contribution in [-0.2, 0) is 10.0 Å². The number of nitro benzene ring substituents is 1. The Morgan fingerprint density at radius 1 is 1.38 bits per heavy atom. The molecule has 0 aromatic heterocycles.